The van der Waals surface area contributed by atoms with Crippen LogP contribution in [0.25, 0.3) is 0 Å². The van der Waals surface area contributed by atoms with Crippen molar-refractivity contribution in [2.75, 3.05) is 37.7 Å². The fourth-order valence-corrected chi connectivity index (χ4v) is 5.10. The first-order valence-electron chi connectivity index (χ1n) is 13.9. The normalized spacial score (nSPS) is 17.6. The van der Waals surface area contributed by atoms with E-state index in [0.717, 1.165) is 31.7 Å². The molecular weight excluding hydrogens is 502 g/mol. The van der Waals surface area contributed by atoms with Gasteiger partial charge in [0.2, 0.25) is 5.91 Å². The van der Waals surface area contributed by atoms with Gasteiger partial charge in [0.05, 0.1) is 11.3 Å². The Morgan fingerprint density at radius 3 is 2.58 bits per heavy atom. The summed E-state index contributed by atoms with van der Waals surface area (Å²) in [6.07, 6.45) is 10.6. The number of rotatable bonds is 10. The quantitative estimate of drug-likeness (QED) is 0.252. The Balaban J connectivity index is 1.22. The van der Waals surface area contributed by atoms with Crippen LogP contribution in [0.4, 0.5) is 11.6 Å². The number of carbonyl (C=O) groups excluding carboxylic acids is 1. The highest BCUT2D eigenvalue weighted by Crippen LogP contribution is 2.27. The van der Waals surface area contributed by atoms with E-state index >= 15 is 0 Å². The van der Waals surface area contributed by atoms with Crippen LogP contribution in [0.3, 0.4) is 0 Å². The molecule has 2 aliphatic rings. The summed E-state index contributed by atoms with van der Waals surface area (Å²) in [5, 5.41) is 12.4. The van der Waals surface area contributed by atoms with Crippen molar-refractivity contribution in [3.05, 3.63) is 84.2 Å². The molecule has 3 aromatic rings. The molecule has 1 saturated heterocycles. The first-order valence-corrected chi connectivity index (χ1v) is 13.9. The number of hydrogen-bond donors (Lipinski definition) is 3. The average molecular weight is 540 g/mol. The molecule has 0 bridgehead atoms. The molecule has 2 heterocycles. The van der Waals surface area contributed by atoms with E-state index in [4.69, 9.17) is 15.9 Å². The topological polar surface area (TPSA) is 120 Å². The van der Waals surface area contributed by atoms with E-state index in [-0.39, 0.29) is 23.5 Å². The van der Waals surface area contributed by atoms with Gasteiger partial charge in [-0.2, -0.15) is 0 Å². The third kappa shape index (κ3) is 6.66. The van der Waals surface area contributed by atoms with Crippen molar-refractivity contribution in [3.8, 4) is 11.5 Å². The van der Waals surface area contributed by atoms with Crippen molar-refractivity contribution < 1.29 is 9.53 Å². The van der Waals surface area contributed by atoms with Gasteiger partial charge in [-0.1, -0.05) is 30.7 Å². The van der Waals surface area contributed by atoms with Gasteiger partial charge in [0.25, 0.3) is 0 Å². The molecule has 1 aromatic heterocycles. The van der Waals surface area contributed by atoms with E-state index in [0.29, 0.717) is 35.3 Å². The van der Waals surface area contributed by atoms with Gasteiger partial charge >= 0.3 is 0 Å². The average Bonchev–Trinajstić information content (AvgIpc) is 2.93. The molecule has 5 rings (SSSR count). The van der Waals surface area contributed by atoms with Crippen LogP contribution >= 0.6 is 0 Å². The number of piperidine rings is 1. The molecule has 0 radical (unpaired) electrons. The first-order chi connectivity index (χ1) is 19.5. The van der Waals surface area contributed by atoms with Crippen LogP contribution in [0.15, 0.2) is 73.1 Å². The third-order valence-electron chi connectivity index (χ3n) is 7.67. The fraction of sp³-hybridized carbons (Fsp3) is 0.355. The standard InChI is InChI=1S/C31H37N7O2/c1-37(24-9-5-10-24)18-7-13-27(39)38-19-6-8-23(20-38)36-31-28(30(33)34-21-35-31)29(32)22-14-16-26(17-15-22)40-25-11-3-2-4-12-25/h2-4,7,11-17,21,23-24,32H,5-6,8-10,18-20H2,1H3,(H3,33,34,35,36)/b13-7+,32-29?. The van der Waals surface area contributed by atoms with Crippen LogP contribution in [0.2, 0.25) is 0 Å². The lowest BCUT2D eigenvalue weighted by atomic mass is 9.92. The zero-order valence-corrected chi connectivity index (χ0v) is 22.9. The highest BCUT2D eigenvalue weighted by Gasteiger charge is 2.25. The molecule has 1 aliphatic heterocycles. The van der Waals surface area contributed by atoms with E-state index in [1.165, 1.54) is 25.6 Å². The molecule has 9 nitrogen and oxygen atoms in total. The Labute approximate surface area is 235 Å². The highest BCUT2D eigenvalue weighted by molar-refractivity contribution is 6.16. The number of anilines is 2. The van der Waals surface area contributed by atoms with Gasteiger partial charge in [-0.05, 0) is 69.1 Å². The minimum Gasteiger partial charge on any atom is -0.457 e. The molecule has 1 amide bonds. The third-order valence-corrected chi connectivity index (χ3v) is 7.67. The summed E-state index contributed by atoms with van der Waals surface area (Å²) >= 11 is 0. The van der Waals surface area contributed by atoms with Crippen molar-refractivity contribution >= 4 is 23.3 Å². The molecule has 1 atom stereocenters. The Kier molecular flexibility index (Phi) is 8.71. The number of benzene rings is 2. The lowest BCUT2D eigenvalue weighted by molar-refractivity contribution is -0.127. The predicted octanol–water partition coefficient (Wildman–Crippen LogP) is 4.71. The number of likely N-dealkylation sites (N-methyl/N-ethyl adjacent to an activating group) is 1. The number of nitrogens with two attached hydrogens (primary N) is 1. The molecule has 40 heavy (non-hydrogen) atoms. The number of nitrogen functional groups attached to an aromatic ring is 1. The van der Waals surface area contributed by atoms with Crippen molar-refractivity contribution in [1.29, 1.82) is 5.41 Å². The number of likely N-dealkylation sites (tertiary alicyclic amines) is 1. The van der Waals surface area contributed by atoms with E-state index in [9.17, 15) is 4.79 Å². The van der Waals surface area contributed by atoms with Crippen LogP contribution in [0.5, 0.6) is 11.5 Å². The summed E-state index contributed by atoms with van der Waals surface area (Å²) in [6.45, 7) is 2.08. The first kappa shape index (κ1) is 27.3. The second-order valence-corrected chi connectivity index (χ2v) is 10.5. The molecule has 4 N–H and O–H groups in total. The summed E-state index contributed by atoms with van der Waals surface area (Å²) in [5.74, 6) is 2.18. The number of amides is 1. The number of ether oxygens (including phenoxy) is 1. The summed E-state index contributed by atoms with van der Waals surface area (Å²) in [7, 11) is 2.12. The molecule has 1 unspecified atom stereocenters. The fourth-order valence-electron chi connectivity index (χ4n) is 5.10. The predicted molar refractivity (Wildman–Crippen MR) is 158 cm³/mol. The number of nitrogens with zero attached hydrogens (tertiary/aromatic N) is 4. The van der Waals surface area contributed by atoms with E-state index in [1.807, 2.05) is 65.6 Å². The highest BCUT2D eigenvalue weighted by atomic mass is 16.5. The van der Waals surface area contributed by atoms with E-state index in [2.05, 4.69) is 27.2 Å². The van der Waals surface area contributed by atoms with Gasteiger partial charge in [0, 0.05) is 43.4 Å². The van der Waals surface area contributed by atoms with Gasteiger partial charge in [0.1, 0.15) is 29.5 Å². The SMILES string of the molecule is CN(C/C=C/C(=O)N1CCCC(Nc2ncnc(N)c2C(=N)c2ccc(Oc3ccccc3)cc2)C1)C1CCC1. The van der Waals surface area contributed by atoms with Gasteiger partial charge < -0.3 is 20.7 Å². The van der Waals surface area contributed by atoms with E-state index in [1.54, 1.807) is 6.08 Å². The monoisotopic (exact) mass is 539 g/mol. The maximum absolute atomic E-state index is 12.9. The molecule has 208 valence electrons. The van der Waals surface area contributed by atoms with Crippen molar-refractivity contribution in [3.63, 3.8) is 0 Å². The number of carbonyl (C=O) groups is 1. The zero-order chi connectivity index (χ0) is 27.9. The minimum absolute atomic E-state index is 0.00810. The van der Waals surface area contributed by atoms with Gasteiger partial charge in [-0.15, -0.1) is 0 Å². The Morgan fingerprint density at radius 1 is 1.10 bits per heavy atom. The van der Waals surface area contributed by atoms with Crippen LogP contribution in [-0.4, -0.2) is 70.2 Å². The van der Waals surface area contributed by atoms with Crippen LogP contribution in [0.1, 0.15) is 43.2 Å². The number of aromatic nitrogens is 2. The Bertz CT molecular complexity index is 1340. The second-order valence-electron chi connectivity index (χ2n) is 10.5. The summed E-state index contributed by atoms with van der Waals surface area (Å²) in [4.78, 5) is 25.7. The summed E-state index contributed by atoms with van der Waals surface area (Å²) in [6, 6.07) is 17.5. The van der Waals surface area contributed by atoms with Gasteiger partial charge in [0.15, 0.2) is 0 Å². The van der Waals surface area contributed by atoms with Crippen LogP contribution < -0.4 is 15.8 Å². The maximum Gasteiger partial charge on any atom is 0.246 e. The minimum atomic E-state index is -0.00810. The van der Waals surface area contributed by atoms with Crippen molar-refractivity contribution in [2.45, 2.75) is 44.2 Å². The summed E-state index contributed by atoms with van der Waals surface area (Å²) in [5.41, 5.74) is 7.58. The van der Waals surface area contributed by atoms with Crippen LogP contribution in [-0.2, 0) is 4.79 Å². The molecular formula is C31H37N7O2. The number of nitrogens with one attached hydrogen (secondary N) is 2. The molecule has 2 aromatic carbocycles. The molecule has 9 heteroatoms. The molecule has 1 saturated carbocycles. The molecule has 1 aliphatic carbocycles. The molecule has 2 fully saturated rings. The lowest BCUT2D eigenvalue weighted by Crippen LogP contribution is -2.45. The van der Waals surface area contributed by atoms with Crippen molar-refractivity contribution in [2.24, 2.45) is 0 Å². The zero-order valence-electron chi connectivity index (χ0n) is 22.9. The van der Waals surface area contributed by atoms with Gasteiger partial charge in [-0.25, -0.2) is 9.97 Å². The largest absolute Gasteiger partial charge is 0.457 e. The Hall–Kier alpha value is -4.24. The maximum atomic E-state index is 12.9. The smallest absolute Gasteiger partial charge is 0.246 e. The van der Waals surface area contributed by atoms with Gasteiger partial charge in [-0.3, -0.25) is 15.1 Å². The number of hydrogen-bond acceptors (Lipinski definition) is 8. The Morgan fingerprint density at radius 2 is 1.85 bits per heavy atom. The van der Waals surface area contributed by atoms with Crippen LogP contribution in [0, 0.1) is 5.41 Å². The lowest BCUT2D eigenvalue weighted by Gasteiger charge is -2.34. The summed E-state index contributed by atoms with van der Waals surface area (Å²) < 4.78 is 5.88. The van der Waals surface area contributed by atoms with E-state index < -0.39 is 0 Å². The van der Waals surface area contributed by atoms with Crippen molar-refractivity contribution in [1.82, 2.24) is 19.8 Å². The molecule has 0 spiro atoms. The second kappa shape index (κ2) is 12.7. The number of para-hydroxylation sites is 1.